The molecule has 3 aromatic rings. The number of carbonyl (C=O) groups excluding carboxylic acids is 3. The summed E-state index contributed by atoms with van der Waals surface area (Å²) in [4.78, 5) is 43.4. The van der Waals surface area contributed by atoms with Gasteiger partial charge in [0.25, 0.3) is 5.91 Å². The molecule has 11 nitrogen and oxygen atoms in total. The summed E-state index contributed by atoms with van der Waals surface area (Å²) < 4.78 is 26.6. The Morgan fingerprint density at radius 1 is 0.778 bits per heavy atom. The first-order chi connectivity index (χ1) is 21.6. The summed E-state index contributed by atoms with van der Waals surface area (Å²) in [5.74, 6) is -0.224. The highest BCUT2D eigenvalue weighted by molar-refractivity contribution is 5.99. The van der Waals surface area contributed by atoms with Gasteiger partial charge in [0.1, 0.15) is 17.5 Å². The van der Waals surface area contributed by atoms with E-state index in [9.17, 15) is 14.4 Å². The van der Waals surface area contributed by atoms with Gasteiger partial charge < -0.3 is 34.3 Å². The summed E-state index contributed by atoms with van der Waals surface area (Å²) in [6.07, 6.45) is 0.329. The lowest BCUT2D eigenvalue weighted by molar-refractivity contribution is -0.124. The third kappa shape index (κ3) is 9.34. The molecule has 0 fully saturated rings. The lowest BCUT2D eigenvalue weighted by Gasteiger charge is -2.29. The van der Waals surface area contributed by atoms with E-state index in [4.69, 9.17) is 23.7 Å². The zero-order valence-corrected chi connectivity index (χ0v) is 26.9. The van der Waals surface area contributed by atoms with Crippen LogP contribution in [0.5, 0.6) is 23.0 Å². The molecule has 3 rings (SSSR count). The highest BCUT2D eigenvalue weighted by Crippen LogP contribution is 2.32. The molecular formula is C34H43N3O8. The molecule has 1 heterocycles. The molecule has 2 aromatic carbocycles. The zero-order chi connectivity index (χ0) is 32.9. The Morgan fingerprint density at radius 2 is 1.33 bits per heavy atom. The molecule has 0 unspecified atom stereocenters. The van der Waals surface area contributed by atoms with Crippen molar-refractivity contribution in [2.24, 2.45) is 5.92 Å². The number of rotatable bonds is 15. The monoisotopic (exact) mass is 621 g/mol. The van der Waals surface area contributed by atoms with Crippen LogP contribution < -0.4 is 29.6 Å². The average Bonchev–Trinajstić information content (AvgIpc) is 3.01. The minimum absolute atomic E-state index is 0.0744. The predicted octanol–water partition coefficient (Wildman–Crippen LogP) is 5.51. The maximum Gasteiger partial charge on any atom is 0.514 e. The van der Waals surface area contributed by atoms with E-state index in [-0.39, 0.29) is 47.6 Å². The summed E-state index contributed by atoms with van der Waals surface area (Å²) in [7, 11) is 1.37. The first-order valence-corrected chi connectivity index (χ1v) is 15.1. The van der Waals surface area contributed by atoms with Crippen LogP contribution in [-0.4, -0.2) is 62.0 Å². The fourth-order valence-corrected chi connectivity index (χ4v) is 4.87. The molecule has 2 amide bonds. The summed E-state index contributed by atoms with van der Waals surface area (Å²) in [6, 6.07) is 15.7. The highest BCUT2D eigenvalue weighted by Gasteiger charge is 2.31. The Kier molecular flexibility index (Phi) is 13.0. The second-order valence-corrected chi connectivity index (χ2v) is 10.5. The smallest absolute Gasteiger partial charge is 0.494 e. The van der Waals surface area contributed by atoms with Gasteiger partial charge >= 0.3 is 6.16 Å². The van der Waals surface area contributed by atoms with Crippen LogP contribution in [0, 0.1) is 5.92 Å². The van der Waals surface area contributed by atoms with Gasteiger partial charge in [-0.2, -0.15) is 0 Å². The maximum absolute atomic E-state index is 13.8. The van der Waals surface area contributed by atoms with Gasteiger partial charge in [-0.25, -0.2) is 9.78 Å². The van der Waals surface area contributed by atoms with E-state index in [0.29, 0.717) is 13.2 Å². The van der Waals surface area contributed by atoms with Gasteiger partial charge in [0.15, 0.2) is 11.4 Å². The SMILES string of the molecule is CCOC(=O)Oc1c(OC)ccnc1C(=O)N[C@H](C(=O)N[C@@H](C)C(c1ccc(OCC)cc1)c1ccc(OCC)cc1)C(C)C. The molecule has 0 spiro atoms. The molecule has 0 saturated carbocycles. The molecule has 242 valence electrons. The third-order valence-corrected chi connectivity index (χ3v) is 6.96. The van der Waals surface area contributed by atoms with Crippen molar-refractivity contribution in [1.82, 2.24) is 15.6 Å². The minimum atomic E-state index is -1.01. The second-order valence-electron chi connectivity index (χ2n) is 10.5. The van der Waals surface area contributed by atoms with E-state index >= 15 is 0 Å². The summed E-state index contributed by atoms with van der Waals surface area (Å²) >= 11 is 0. The number of methoxy groups -OCH3 is 1. The van der Waals surface area contributed by atoms with Gasteiger partial charge in [0.05, 0.1) is 26.9 Å². The minimum Gasteiger partial charge on any atom is -0.494 e. The van der Waals surface area contributed by atoms with Crippen molar-refractivity contribution in [3.05, 3.63) is 77.6 Å². The van der Waals surface area contributed by atoms with Crippen LogP contribution in [0.3, 0.4) is 0 Å². The third-order valence-electron chi connectivity index (χ3n) is 6.96. The van der Waals surface area contributed by atoms with Gasteiger partial charge in [-0.1, -0.05) is 38.1 Å². The standard InChI is InChI=1S/C34H43N3O8/c1-8-42-25-15-11-23(12-16-25)28(24-13-17-26(18-14-24)43-9-2)22(6)36-32(38)29(21(4)5)37-33(39)30-31(45-34(40)44-10-3)27(41-7)19-20-35-30/h11-22,28-29H,8-10H2,1-7H3,(H,36,38)(H,37,39)/t22-,29-/m0/s1. The Hall–Kier alpha value is -4.80. The number of pyridine rings is 1. The highest BCUT2D eigenvalue weighted by atomic mass is 16.7. The normalized spacial score (nSPS) is 12.2. The van der Waals surface area contributed by atoms with Crippen molar-refractivity contribution in [2.45, 2.75) is 59.5 Å². The fourth-order valence-electron chi connectivity index (χ4n) is 4.87. The topological polar surface area (TPSA) is 134 Å². The van der Waals surface area contributed by atoms with Crippen LogP contribution in [0.4, 0.5) is 4.79 Å². The molecule has 45 heavy (non-hydrogen) atoms. The number of nitrogens with zero attached hydrogens (tertiary/aromatic N) is 1. The molecule has 2 N–H and O–H groups in total. The fraction of sp³-hybridized carbons (Fsp3) is 0.412. The summed E-state index contributed by atoms with van der Waals surface area (Å²) in [5, 5.41) is 5.88. The average molecular weight is 622 g/mol. The van der Waals surface area contributed by atoms with Gasteiger partial charge in [0, 0.05) is 24.2 Å². The number of hydrogen-bond donors (Lipinski definition) is 2. The van der Waals surface area contributed by atoms with Crippen LogP contribution in [-0.2, 0) is 9.53 Å². The maximum atomic E-state index is 13.8. The Bertz CT molecular complexity index is 1360. The van der Waals surface area contributed by atoms with E-state index in [2.05, 4.69) is 15.6 Å². The largest absolute Gasteiger partial charge is 0.514 e. The van der Waals surface area contributed by atoms with E-state index in [1.165, 1.54) is 19.4 Å². The molecule has 0 aliphatic carbocycles. The molecule has 0 radical (unpaired) electrons. The van der Waals surface area contributed by atoms with Crippen molar-refractivity contribution >= 4 is 18.0 Å². The summed E-state index contributed by atoms with van der Waals surface area (Å²) in [5.41, 5.74) is 1.72. The molecule has 0 saturated heterocycles. The number of hydrogen-bond acceptors (Lipinski definition) is 9. The van der Waals surface area contributed by atoms with E-state index in [1.54, 1.807) is 6.92 Å². The Morgan fingerprint density at radius 3 is 1.80 bits per heavy atom. The van der Waals surface area contributed by atoms with Crippen LogP contribution in [0.1, 0.15) is 69.1 Å². The Labute approximate surface area is 264 Å². The van der Waals surface area contributed by atoms with Crippen LogP contribution >= 0.6 is 0 Å². The first-order valence-electron chi connectivity index (χ1n) is 15.1. The Balaban J connectivity index is 1.88. The number of nitrogens with one attached hydrogen (secondary N) is 2. The number of ether oxygens (including phenoxy) is 5. The van der Waals surface area contributed by atoms with Gasteiger partial charge in [-0.05, 0) is 69.0 Å². The molecule has 0 aliphatic rings. The van der Waals surface area contributed by atoms with Crippen LogP contribution in [0.15, 0.2) is 60.8 Å². The molecule has 2 atom stereocenters. The van der Waals surface area contributed by atoms with Crippen LogP contribution in [0.2, 0.25) is 0 Å². The zero-order valence-electron chi connectivity index (χ0n) is 26.9. The molecule has 11 heteroatoms. The number of benzene rings is 2. The van der Waals surface area contributed by atoms with Gasteiger partial charge in [-0.15, -0.1) is 0 Å². The molecular weight excluding hydrogens is 578 g/mol. The molecule has 1 aromatic heterocycles. The van der Waals surface area contributed by atoms with E-state index in [1.807, 2.05) is 83.1 Å². The van der Waals surface area contributed by atoms with Crippen LogP contribution in [0.25, 0.3) is 0 Å². The van der Waals surface area contributed by atoms with E-state index in [0.717, 1.165) is 22.6 Å². The van der Waals surface area contributed by atoms with Gasteiger partial charge in [0.2, 0.25) is 11.7 Å². The first kappa shape index (κ1) is 34.7. The van der Waals surface area contributed by atoms with E-state index < -0.39 is 18.1 Å². The van der Waals surface area contributed by atoms with Crippen molar-refractivity contribution in [3.63, 3.8) is 0 Å². The van der Waals surface area contributed by atoms with Crippen molar-refractivity contribution in [1.29, 1.82) is 0 Å². The second kappa shape index (κ2) is 16.9. The van der Waals surface area contributed by atoms with Crippen molar-refractivity contribution in [3.8, 4) is 23.0 Å². The number of amides is 2. The van der Waals surface area contributed by atoms with Crippen molar-refractivity contribution < 1.29 is 38.1 Å². The number of carbonyl (C=O) groups is 3. The van der Waals surface area contributed by atoms with Crippen molar-refractivity contribution in [2.75, 3.05) is 26.9 Å². The predicted molar refractivity (Wildman–Crippen MR) is 169 cm³/mol. The van der Waals surface area contributed by atoms with Gasteiger partial charge in [-0.3, -0.25) is 9.59 Å². The molecule has 0 aliphatic heterocycles. The quantitative estimate of drug-likeness (QED) is 0.211. The molecule has 0 bridgehead atoms. The lowest BCUT2D eigenvalue weighted by atomic mass is 9.85. The number of aromatic nitrogens is 1. The summed E-state index contributed by atoms with van der Waals surface area (Å²) in [6.45, 7) is 12.2. The lowest BCUT2D eigenvalue weighted by Crippen LogP contribution is -2.52.